The van der Waals surface area contributed by atoms with E-state index >= 15 is 0 Å². The summed E-state index contributed by atoms with van der Waals surface area (Å²) in [6.07, 6.45) is 2.53. The number of benzene rings is 2. The van der Waals surface area contributed by atoms with Crippen molar-refractivity contribution in [1.29, 1.82) is 0 Å². The Morgan fingerprint density at radius 3 is 2.44 bits per heavy atom. The Bertz CT molecular complexity index is 977. The molecular weight excluding hydrogens is 414 g/mol. The van der Waals surface area contributed by atoms with Gasteiger partial charge >= 0.3 is 0 Å². The van der Waals surface area contributed by atoms with Crippen LogP contribution in [0.15, 0.2) is 41.3 Å². The molecule has 0 radical (unpaired) electrons. The number of carbonyl (C=O) groups excluding carboxylic acids is 1. The summed E-state index contributed by atoms with van der Waals surface area (Å²) in [6.45, 7) is 0.832. The van der Waals surface area contributed by atoms with E-state index < -0.39 is 21.7 Å². The summed E-state index contributed by atoms with van der Waals surface area (Å²) in [5, 5.41) is 3.03. The van der Waals surface area contributed by atoms with E-state index in [2.05, 4.69) is 5.32 Å². The van der Waals surface area contributed by atoms with Gasteiger partial charge < -0.3 is 5.32 Å². The Morgan fingerprint density at radius 2 is 1.74 bits per heavy atom. The van der Waals surface area contributed by atoms with Crippen LogP contribution in [0, 0.1) is 5.82 Å². The van der Waals surface area contributed by atoms with E-state index in [0.717, 1.165) is 31.4 Å². The zero-order valence-corrected chi connectivity index (χ0v) is 16.5. The molecule has 1 fully saturated rings. The van der Waals surface area contributed by atoms with Crippen LogP contribution < -0.4 is 5.32 Å². The van der Waals surface area contributed by atoms with Gasteiger partial charge in [-0.15, -0.1) is 0 Å². The first kappa shape index (κ1) is 20.1. The molecular formula is C18H17Cl2FN2O3S. The molecule has 9 heteroatoms. The molecule has 1 amide bonds. The van der Waals surface area contributed by atoms with Crippen molar-refractivity contribution in [3.8, 4) is 0 Å². The number of hydrogen-bond donors (Lipinski definition) is 1. The number of nitrogens with zero attached hydrogens (tertiary/aromatic N) is 1. The Balaban J connectivity index is 1.91. The van der Waals surface area contributed by atoms with E-state index in [4.69, 9.17) is 23.2 Å². The predicted molar refractivity (Wildman–Crippen MR) is 103 cm³/mol. The van der Waals surface area contributed by atoms with Crippen LogP contribution in [0.4, 0.5) is 10.1 Å². The first-order valence-electron chi connectivity index (χ1n) is 8.35. The van der Waals surface area contributed by atoms with Crippen LogP contribution in [0.1, 0.15) is 29.6 Å². The van der Waals surface area contributed by atoms with Gasteiger partial charge in [-0.05, 0) is 49.2 Å². The molecule has 0 unspecified atom stereocenters. The maximum absolute atomic E-state index is 14.2. The smallest absolute Gasteiger partial charge is 0.258 e. The van der Waals surface area contributed by atoms with Gasteiger partial charge in [-0.3, -0.25) is 4.79 Å². The number of rotatable bonds is 4. The number of anilines is 1. The van der Waals surface area contributed by atoms with Crippen LogP contribution in [-0.4, -0.2) is 31.7 Å². The van der Waals surface area contributed by atoms with Gasteiger partial charge in [0.2, 0.25) is 10.0 Å². The summed E-state index contributed by atoms with van der Waals surface area (Å²) in [6, 6.07) is 7.66. The third-order valence-electron chi connectivity index (χ3n) is 4.31. The molecule has 3 rings (SSSR count). The zero-order valence-electron chi connectivity index (χ0n) is 14.2. The molecule has 0 atom stereocenters. The number of hydrogen-bond acceptors (Lipinski definition) is 3. The lowest BCUT2D eigenvalue weighted by molar-refractivity contribution is 0.102. The molecule has 5 nitrogen and oxygen atoms in total. The summed E-state index contributed by atoms with van der Waals surface area (Å²) in [7, 11) is -3.78. The van der Waals surface area contributed by atoms with Crippen molar-refractivity contribution in [3.05, 3.63) is 57.8 Å². The van der Waals surface area contributed by atoms with Crippen molar-refractivity contribution in [1.82, 2.24) is 4.31 Å². The fraction of sp³-hybridized carbons (Fsp3) is 0.278. The molecule has 2 aromatic carbocycles. The molecule has 1 aliphatic heterocycles. The van der Waals surface area contributed by atoms with E-state index in [9.17, 15) is 17.6 Å². The molecule has 1 N–H and O–H groups in total. The second-order valence-corrected chi connectivity index (χ2v) is 8.97. The van der Waals surface area contributed by atoms with Crippen LogP contribution in [0.3, 0.4) is 0 Å². The maximum atomic E-state index is 14.2. The van der Waals surface area contributed by atoms with Gasteiger partial charge in [-0.25, -0.2) is 12.8 Å². The first-order chi connectivity index (χ1) is 12.8. The number of halogens is 3. The number of nitrogens with one attached hydrogen (secondary N) is 1. The highest BCUT2D eigenvalue weighted by atomic mass is 35.5. The van der Waals surface area contributed by atoms with Crippen molar-refractivity contribution in [2.75, 3.05) is 18.4 Å². The van der Waals surface area contributed by atoms with Crippen LogP contribution >= 0.6 is 23.2 Å². The van der Waals surface area contributed by atoms with Crippen molar-refractivity contribution in [2.45, 2.75) is 24.2 Å². The highest BCUT2D eigenvalue weighted by molar-refractivity contribution is 7.89. The van der Waals surface area contributed by atoms with Crippen molar-refractivity contribution < 1.29 is 17.6 Å². The molecule has 0 saturated carbocycles. The predicted octanol–water partition coefficient (Wildman–Crippen LogP) is 4.56. The van der Waals surface area contributed by atoms with Crippen LogP contribution in [0.5, 0.6) is 0 Å². The summed E-state index contributed by atoms with van der Waals surface area (Å²) >= 11 is 11.9. The summed E-state index contributed by atoms with van der Waals surface area (Å²) in [5.41, 5.74) is -0.179. The van der Waals surface area contributed by atoms with Gasteiger partial charge in [-0.1, -0.05) is 29.6 Å². The quantitative estimate of drug-likeness (QED) is 0.772. The average Bonchev–Trinajstić information content (AvgIpc) is 2.65. The Kier molecular flexibility index (Phi) is 6.05. The van der Waals surface area contributed by atoms with Gasteiger partial charge in [0, 0.05) is 18.1 Å². The summed E-state index contributed by atoms with van der Waals surface area (Å²) in [4.78, 5) is 12.4. The summed E-state index contributed by atoms with van der Waals surface area (Å²) < 4.78 is 41.1. The minimum absolute atomic E-state index is 0.117. The van der Waals surface area contributed by atoms with E-state index in [1.165, 1.54) is 22.5 Å². The highest BCUT2D eigenvalue weighted by Gasteiger charge is 2.27. The minimum atomic E-state index is -3.78. The van der Waals surface area contributed by atoms with Gasteiger partial charge in [0.05, 0.1) is 21.2 Å². The van der Waals surface area contributed by atoms with E-state index in [0.29, 0.717) is 18.1 Å². The number of carbonyl (C=O) groups is 1. The second-order valence-electron chi connectivity index (χ2n) is 6.18. The van der Waals surface area contributed by atoms with Gasteiger partial charge in [0.1, 0.15) is 5.82 Å². The van der Waals surface area contributed by atoms with Crippen molar-refractivity contribution >= 4 is 44.8 Å². The van der Waals surface area contributed by atoms with Crippen molar-refractivity contribution in [2.24, 2.45) is 0 Å². The Hall–Kier alpha value is -1.67. The average molecular weight is 431 g/mol. The Labute approximate surface area is 167 Å². The van der Waals surface area contributed by atoms with Crippen molar-refractivity contribution in [3.63, 3.8) is 0 Å². The molecule has 1 aliphatic rings. The molecule has 1 heterocycles. The zero-order chi connectivity index (χ0) is 19.6. The van der Waals surface area contributed by atoms with Crippen LogP contribution in [0.25, 0.3) is 0 Å². The second kappa shape index (κ2) is 8.14. The number of sulfonamides is 1. The van der Waals surface area contributed by atoms with Crippen LogP contribution in [-0.2, 0) is 10.0 Å². The van der Waals surface area contributed by atoms with Gasteiger partial charge in [0.15, 0.2) is 0 Å². The minimum Gasteiger partial charge on any atom is -0.320 e. The maximum Gasteiger partial charge on any atom is 0.258 e. The largest absolute Gasteiger partial charge is 0.320 e. The molecule has 144 valence electrons. The lowest BCUT2D eigenvalue weighted by atomic mass is 10.2. The topological polar surface area (TPSA) is 66.5 Å². The van der Waals surface area contributed by atoms with E-state index in [1.807, 2.05) is 0 Å². The van der Waals surface area contributed by atoms with Gasteiger partial charge in [0.25, 0.3) is 5.91 Å². The highest BCUT2D eigenvalue weighted by Crippen LogP contribution is 2.27. The molecule has 1 saturated heterocycles. The fourth-order valence-corrected chi connectivity index (χ4v) is 4.76. The molecule has 0 spiro atoms. The SMILES string of the molecule is O=C(Nc1cc(Cl)ccc1Cl)c1cc(S(=O)(=O)N2CCCCC2)ccc1F. The van der Waals surface area contributed by atoms with Gasteiger partial charge in [-0.2, -0.15) is 4.31 Å². The number of amides is 1. The lowest BCUT2D eigenvalue weighted by Gasteiger charge is -2.26. The van der Waals surface area contributed by atoms with Crippen LogP contribution in [0.2, 0.25) is 10.0 Å². The molecule has 0 aliphatic carbocycles. The normalized spacial score (nSPS) is 15.5. The first-order valence-corrected chi connectivity index (χ1v) is 10.5. The lowest BCUT2D eigenvalue weighted by Crippen LogP contribution is -2.35. The summed E-state index contributed by atoms with van der Waals surface area (Å²) in [5.74, 6) is -1.64. The third-order valence-corrected chi connectivity index (χ3v) is 6.77. The van der Waals surface area contributed by atoms with E-state index in [1.54, 1.807) is 6.07 Å². The standard InChI is InChI=1S/C18H17Cl2FN2O3S/c19-12-4-6-15(20)17(10-12)22-18(24)14-11-13(5-7-16(14)21)27(25,26)23-8-2-1-3-9-23/h4-7,10-11H,1-3,8-9H2,(H,22,24). The number of piperidine rings is 1. The molecule has 0 bridgehead atoms. The third kappa shape index (κ3) is 4.43. The Morgan fingerprint density at radius 1 is 1.04 bits per heavy atom. The molecule has 27 heavy (non-hydrogen) atoms. The monoisotopic (exact) mass is 430 g/mol. The van der Waals surface area contributed by atoms with E-state index in [-0.39, 0.29) is 21.2 Å². The fourth-order valence-electron chi connectivity index (χ4n) is 2.88. The molecule has 0 aromatic heterocycles. The molecule has 2 aromatic rings.